The minimum atomic E-state index is 0.835. The molecule has 0 atom stereocenters. The molecular formula is C21H30N3S2+. The van der Waals surface area contributed by atoms with Crippen LogP contribution >= 0.6 is 23.6 Å². The van der Waals surface area contributed by atoms with Gasteiger partial charge in [-0.15, -0.1) is 11.3 Å². The van der Waals surface area contributed by atoms with E-state index >= 15 is 0 Å². The Morgan fingerprint density at radius 3 is 2.58 bits per heavy atom. The number of likely N-dealkylation sites (tertiary alicyclic amines) is 1. The van der Waals surface area contributed by atoms with E-state index < -0.39 is 0 Å². The van der Waals surface area contributed by atoms with Crippen molar-refractivity contribution in [2.75, 3.05) is 31.5 Å². The van der Waals surface area contributed by atoms with Crippen LogP contribution in [0.1, 0.15) is 36.1 Å². The van der Waals surface area contributed by atoms with Gasteiger partial charge in [0.05, 0.1) is 32.7 Å². The van der Waals surface area contributed by atoms with Gasteiger partial charge in [-0.05, 0) is 67.9 Å². The molecule has 0 saturated carbocycles. The highest BCUT2D eigenvalue weighted by atomic mass is 32.1. The van der Waals surface area contributed by atoms with Gasteiger partial charge in [0.25, 0.3) is 0 Å². The van der Waals surface area contributed by atoms with Gasteiger partial charge in [0.15, 0.2) is 5.11 Å². The van der Waals surface area contributed by atoms with E-state index in [0.29, 0.717) is 0 Å². The van der Waals surface area contributed by atoms with Crippen LogP contribution in [0.15, 0.2) is 41.8 Å². The predicted molar refractivity (Wildman–Crippen MR) is 116 cm³/mol. The molecular weight excluding hydrogens is 358 g/mol. The summed E-state index contributed by atoms with van der Waals surface area (Å²) in [4.78, 5) is 5.44. The minimum Gasteiger partial charge on any atom is -0.338 e. The molecule has 1 aromatic carbocycles. The standard InChI is InChI=1S/C21H29N3S2/c1-18-9-4-5-11-20(18)22-21(25)24(17-19-10-8-16-26-19)15-14-23-12-6-2-3-7-13-23/h4-5,8-11,16H,2-3,6-7,12-15,17H2,1H3,(H,22,25)/p+1. The zero-order chi connectivity index (χ0) is 18.2. The Labute approximate surface area is 167 Å². The molecule has 1 saturated heterocycles. The summed E-state index contributed by atoms with van der Waals surface area (Å²) in [6.45, 7) is 7.81. The van der Waals surface area contributed by atoms with Gasteiger partial charge >= 0.3 is 0 Å². The average molecular weight is 389 g/mol. The average Bonchev–Trinajstić information content (AvgIpc) is 3.02. The van der Waals surface area contributed by atoms with Crippen LogP contribution in [0.5, 0.6) is 0 Å². The Hall–Kier alpha value is -1.43. The van der Waals surface area contributed by atoms with E-state index in [1.165, 1.54) is 55.8 Å². The van der Waals surface area contributed by atoms with Crippen LogP contribution in [-0.2, 0) is 6.54 Å². The summed E-state index contributed by atoms with van der Waals surface area (Å²) in [5.41, 5.74) is 2.33. The molecule has 140 valence electrons. The first-order valence-corrected chi connectivity index (χ1v) is 11.0. The number of thiophene rings is 1. The van der Waals surface area contributed by atoms with E-state index in [1.807, 2.05) is 11.3 Å². The number of para-hydroxylation sites is 1. The fourth-order valence-corrected chi connectivity index (χ4v) is 4.51. The molecule has 1 aromatic heterocycles. The fourth-order valence-electron chi connectivity index (χ4n) is 3.52. The largest absolute Gasteiger partial charge is 0.338 e. The third-order valence-corrected chi connectivity index (χ3v) is 6.37. The Balaban J connectivity index is 1.63. The van der Waals surface area contributed by atoms with E-state index in [0.717, 1.165) is 23.9 Å². The van der Waals surface area contributed by atoms with Crippen molar-refractivity contribution < 1.29 is 4.90 Å². The third kappa shape index (κ3) is 5.79. The summed E-state index contributed by atoms with van der Waals surface area (Å²) in [6, 6.07) is 12.7. The number of thiocarbonyl (C=S) groups is 1. The molecule has 0 spiro atoms. The smallest absolute Gasteiger partial charge is 0.173 e. The van der Waals surface area contributed by atoms with Gasteiger partial charge in [0.1, 0.15) is 0 Å². The van der Waals surface area contributed by atoms with E-state index in [4.69, 9.17) is 12.2 Å². The van der Waals surface area contributed by atoms with Crippen LogP contribution in [0.2, 0.25) is 0 Å². The lowest BCUT2D eigenvalue weighted by Crippen LogP contribution is -3.12. The van der Waals surface area contributed by atoms with Crippen molar-refractivity contribution in [3.8, 4) is 0 Å². The number of rotatable bonds is 6. The lowest BCUT2D eigenvalue weighted by Gasteiger charge is -2.28. The number of hydrogen-bond donors (Lipinski definition) is 2. The molecule has 0 bridgehead atoms. The van der Waals surface area contributed by atoms with Crippen molar-refractivity contribution in [3.05, 3.63) is 52.2 Å². The van der Waals surface area contributed by atoms with Crippen LogP contribution in [0.3, 0.4) is 0 Å². The maximum absolute atomic E-state index is 5.79. The normalized spacial score (nSPS) is 15.4. The summed E-state index contributed by atoms with van der Waals surface area (Å²) in [6.07, 6.45) is 5.53. The topological polar surface area (TPSA) is 19.7 Å². The Morgan fingerprint density at radius 2 is 1.88 bits per heavy atom. The molecule has 26 heavy (non-hydrogen) atoms. The lowest BCUT2D eigenvalue weighted by atomic mass is 10.2. The third-order valence-electron chi connectivity index (χ3n) is 5.15. The molecule has 2 heterocycles. The highest BCUT2D eigenvalue weighted by Gasteiger charge is 2.17. The lowest BCUT2D eigenvalue weighted by molar-refractivity contribution is -0.898. The second kappa shape index (κ2) is 10.0. The number of aryl methyl sites for hydroxylation is 1. The number of benzene rings is 1. The Kier molecular flexibility index (Phi) is 7.47. The van der Waals surface area contributed by atoms with Gasteiger partial charge in [0.2, 0.25) is 0 Å². The molecule has 0 aliphatic carbocycles. The zero-order valence-electron chi connectivity index (χ0n) is 15.7. The predicted octanol–water partition coefficient (Wildman–Crippen LogP) is 3.71. The SMILES string of the molecule is Cc1ccccc1NC(=S)N(CC[NH+]1CCCCCC1)Cc1cccs1. The van der Waals surface area contributed by atoms with E-state index in [1.54, 1.807) is 4.90 Å². The minimum absolute atomic E-state index is 0.835. The first-order chi connectivity index (χ1) is 12.7. The molecule has 2 N–H and O–H groups in total. The maximum atomic E-state index is 5.79. The number of nitrogens with zero attached hydrogens (tertiary/aromatic N) is 1. The van der Waals surface area contributed by atoms with Crippen LogP contribution in [0.25, 0.3) is 0 Å². The zero-order valence-corrected chi connectivity index (χ0v) is 17.3. The number of quaternary nitrogens is 1. The van der Waals surface area contributed by atoms with Gasteiger partial charge in [0, 0.05) is 10.6 Å². The van der Waals surface area contributed by atoms with Gasteiger partial charge in [-0.1, -0.05) is 24.3 Å². The van der Waals surface area contributed by atoms with Crippen LogP contribution in [0, 0.1) is 6.92 Å². The van der Waals surface area contributed by atoms with Crippen molar-refractivity contribution in [2.45, 2.75) is 39.2 Å². The summed E-state index contributed by atoms with van der Waals surface area (Å²) in [7, 11) is 0. The molecule has 1 fully saturated rings. The van der Waals surface area contributed by atoms with Crippen molar-refractivity contribution in [1.29, 1.82) is 0 Å². The first kappa shape index (κ1) is 19.3. The molecule has 2 aromatic rings. The van der Waals surface area contributed by atoms with E-state index in [-0.39, 0.29) is 0 Å². The van der Waals surface area contributed by atoms with E-state index in [9.17, 15) is 0 Å². The molecule has 5 heteroatoms. The van der Waals surface area contributed by atoms with Crippen molar-refractivity contribution >= 4 is 34.4 Å². The highest BCUT2D eigenvalue weighted by molar-refractivity contribution is 7.80. The summed E-state index contributed by atoms with van der Waals surface area (Å²) < 4.78 is 0. The molecule has 1 aliphatic heterocycles. The van der Waals surface area contributed by atoms with E-state index in [2.05, 4.69) is 58.9 Å². The number of nitrogens with one attached hydrogen (secondary N) is 2. The monoisotopic (exact) mass is 388 g/mol. The van der Waals surface area contributed by atoms with Gasteiger partial charge in [-0.2, -0.15) is 0 Å². The molecule has 3 nitrogen and oxygen atoms in total. The Bertz CT molecular complexity index is 676. The second-order valence-electron chi connectivity index (χ2n) is 7.16. The second-order valence-corrected chi connectivity index (χ2v) is 8.58. The fraction of sp³-hybridized carbons (Fsp3) is 0.476. The molecule has 3 rings (SSSR count). The first-order valence-electron chi connectivity index (χ1n) is 9.70. The van der Waals surface area contributed by atoms with Crippen LogP contribution in [0.4, 0.5) is 5.69 Å². The molecule has 1 aliphatic rings. The van der Waals surface area contributed by atoms with Crippen LogP contribution in [-0.4, -0.2) is 36.2 Å². The molecule has 0 unspecified atom stereocenters. The van der Waals surface area contributed by atoms with Gasteiger partial charge < -0.3 is 15.1 Å². The summed E-state index contributed by atoms with van der Waals surface area (Å²) in [5.74, 6) is 0. The molecule has 0 amide bonds. The van der Waals surface area contributed by atoms with Gasteiger partial charge in [-0.25, -0.2) is 0 Å². The van der Waals surface area contributed by atoms with Crippen molar-refractivity contribution in [3.63, 3.8) is 0 Å². The summed E-state index contributed by atoms with van der Waals surface area (Å²) >= 11 is 7.60. The van der Waals surface area contributed by atoms with Crippen LogP contribution < -0.4 is 10.2 Å². The number of anilines is 1. The number of hydrogen-bond acceptors (Lipinski definition) is 2. The Morgan fingerprint density at radius 1 is 1.12 bits per heavy atom. The highest BCUT2D eigenvalue weighted by Crippen LogP contribution is 2.16. The quantitative estimate of drug-likeness (QED) is 0.736. The maximum Gasteiger partial charge on any atom is 0.173 e. The van der Waals surface area contributed by atoms with Gasteiger partial charge in [-0.3, -0.25) is 0 Å². The van der Waals surface area contributed by atoms with Crippen molar-refractivity contribution in [2.24, 2.45) is 0 Å². The van der Waals surface area contributed by atoms with Crippen molar-refractivity contribution in [1.82, 2.24) is 4.90 Å². The molecule has 0 radical (unpaired) electrons. The summed E-state index contributed by atoms with van der Waals surface area (Å²) in [5, 5.41) is 6.45.